The van der Waals surface area contributed by atoms with E-state index in [9.17, 15) is 9.59 Å². The van der Waals surface area contributed by atoms with Gasteiger partial charge < -0.3 is 10.2 Å². The van der Waals surface area contributed by atoms with Gasteiger partial charge in [-0.2, -0.15) is 0 Å². The molecule has 5 heteroatoms. The quantitative estimate of drug-likeness (QED) is 0.703. The standard InChI is InChI=1S/C25H32N2O2S/c1-17(2)25-27(24(29)21-13-9-8-10-18(21)3)22(16-30-25)23(28)26-19(4)14-15-20-11-6-5-7-12-20/h5-13,17,19,22,25H,14-16H2,1-4H3,(H,26,28). The van der Waals surface area contributed by atoms with Crippen LogP contribution in [0, 0.1) is 12.8 Å². The van der Waals surface area contributed by atoms with Crippen LogP contribution < -0.4 is 5.32 Å². The van der Waals surface area contributed by atoms with E-state index < -0.39 is 6.04 Å². The molecule has 30 heavy (non-hydrogen) atoms. The molecule has 1 aliphatic rings. The minimum absolute atomic E-state index is 0.00693. The Bertz CT molecular complexity index is 868. The third kappa shape index (κ3) is 5.25. The van der Waals surface area contributed by atoms with Gasteiger partial charge in [-0.25, -0.2) is 0 Å². The van der Waals surface area contributed by atoms with Crippen LogP contribution in [0.3, 0.4) is 0 Å². The number of benzene rings is 2. The van der Waals surface area contributed by atoms with E-state index in [1.165, 1.54) is 5.56 Å². The molecule has 2 aromatic rings. The lowest BCUT2D eigenvalue weighted by molar-refractivity contribution is -0.125. The van der Waals surface area contributed by atoms with Gasteiger partial charge in [-0.1, -0.05) is 62.4 Å². The summed E-state index contributed by atoms with van der Waals surface area (Å²) in [6.45, 7) is 8.20. The van der Waals surface area contributed by atoms with E-state index in [4.69, 9.17) is 0 Å². The first-order valence-electron chi connectivity index (χ1n) is 10.7. The first-order valence-corrected chi connectivity index (χ1v) is 11.8. The van der Waals surface area contributed by atoms with E-state index in [1.54, 1.807) is 11.8 Å². The highest BCUT2D eigenvalue weighted by Gasteiger charge is 2.43. The van der Waals surface area contributed by atoms with Gasteiger partial charge in [0, 0.05) is 17.4 Å². The van der Waals surface area contributed by atoms with Gasteiger partial charge in [-0.15, -0.1) is 11.8 Å². The SMILES string of the molecule is Cc1ccccc1C(=O)N1C(C(=O)NC(C)CCc2ccccc2)CSC1C(C)C. The van der Waals surface area contributed by atoms with Crippen molar-refractivity contribution in [3.05, 3.63) is 71.3 Å². The summed E-state index contributed by atoms with van der Waals surface area (Å²) in [7, 11) is 0. The molecule has 4 nitrogen and oxygen atoms in total. The van der Waals surface area contributed by atoms with Crippen LogP contribution in [0.5, 0.6) is 0 Å². The maximum Gasteiger partial charge on any atom is 0.255 e. The summed E-state index contributed by atoms with van der Waals surface area (Å²) < 4.78 is 0. The predicted octanol–water partition coefficient (Wildman–Crippen LogP) is 4.67. The molecule has 1 N–H and O–H groups in total. The monoisotopic (exact) mass is 424 g/mol. The normalized spacial score (nSPS) is 19.7. The molecule has 1 heterocycles. The molecule has 0 spiro atoms. The van der Waals surface area contributed by atoms with Crippen molar-refractivity contribution in [2.75, 3.05) is 5.75 Å². The molecule has 2 aromatic carbocycles. The van der Waals surface area contributed by atoms with Gasteiger partial charge in [0.15, 0.2) is 0 Å². The Balaban J connectivity index is 1.70. The van der Waals surface area contributed by atoms with Crippen molar-refractivity contribution in [3.8, 4) is 0 Å². The van der Waals surface area contributed by atoms with Crippen molar-refractivity contribution >= 4 is 23.6 Å². The maximum absolute atomic E-state index is 13.4. The van der Waals surface area contributed by atoms with E-state index in [0.717, 1.165) is 18.4 Å². The molecule has 1 aliphatic heterocycles. The number of thioether (sulfide) groups is 1. The minimum atomic E-state index is -0.436. The Labute approximate surface area is 184 Å². The topological polar surface area (TPSA) is 49.4 Å². The predicted molar refractivity (Wildman–Crippen MR) is 125 cm³/mol. The highest BCUT2D eigenvalue weighted by Crippen LogP contribution is 2.35. The van der Waals surface area contributed by atoms with E-state index in [1.807, 2.05) is 61.2 Å². The molecule has 3 rings (SSSR count). The number of carbonyl (C=O) groups excluding carboxylic acids is 2. The second-order valence-electron chi connectivity index (χ2n) is 8.44. The summed E-state index contributed by atoms with van der Waals surface area (Å²) in [4.78, 5) is 28.4. The highest BCUT2D eigenvalue weighted by molar-refractivity contribution is 8.00. The average molecular weight is 425 g/mol. The van der Waals surface area contributed by atoms with Crippen LogP contribution in [0.25, 0.3) is 0 Å². The van der Waals surface area contributed by atoms with Gasteiger partial charge in [0.05, 0.1) is 5.37 Å². The summed E-state index contributed by atoms with van der Waals surface area (Å²) >= 11 is 1.71. The third-order valence-corrected chi connectivity index (χ3v) is 7.24. The smallest absolute Gasteiger partial charge is 0.255 e. The third-order valence-electron chi connectivity index (χ3n) is 5.62. The van der Waals surface area contributed by atoms with Crippen LogP contribution in [0.1, 0.15) is 48.7 Å². The molecule has 0 saturated carbocycles. The first-order chi connectivity index (χ1) is 14.4. The second kappa shape index (κ2) is 10.2. The molecule has 0 aromatic heterocycles. The number of nitrogens with zero attached hydrogens (tertiary/aromatic N) is 1. The lowest BCUT2D eigenvalue weighted by Gasteiger charge is -2.32. The van der Waals surface area contributed by atoms with Crippen LogP contribution >= 0.6 is 11.8 Å². The largest absolute Gasteiger partial charge is 0.352 e. The molecule has 1 saturated heterocycles. The van der Waals surface area contributed by atoms with Crippen molar-refractivity contribution in [1.82, 2.24) is 10.2 Å². The maximum atomic E-state index is 13.4. The van der Waals surface area contributed by atoms with Crippen molar-refractivity contribution in [3.63, 3.8) is 0 Å². The fourth-order valence-electron chi connectivity index (χ4n) is 3.89. The molecule has 0 bridgehead atoms. The Kier molecular flexibility index (Phi) is 7.59. The number of hydrogen-bond acceptors (Lipinski definition) is 3. The zero-order chi connectivity index (χ0) is 21.7. The molecular formula is C25H32N2O2S. The molecule has 3 unspecified atom stereocenters. The summed E-state index contributed by atoms with van der Waals surface area (Å²) in [5.74, 6) is 0.816. The fraction of sp³-hybridized carbons (Fsp3) is 0.440. The number of nitrogens with one attached hydrogen (secondary N) is 1. The fourth-order valence-corrected chi connectivity index (χ4v) is 5.37. The van der Waals surface area contributed by atoms with Crippen molar-refractivity contribution in [2.24, 2.45) is 5.92 Å². The van der Waals surface area contributed by atoms with Crippen LogP contribution in [0.4, 0.5) is 0 Å². The van der Waals surface area contributed by atoms with E-state index in [2.05, 4.69) is 31.3 Å². The molecule has 0 aliphatic carbocycles. The van der Waals surface area contributed by atoms with Gasteiger partial charge in [-0.3, -0.25) is 9.59 Å². The number of amides is 2. The molecular weight excluding hydrogens is 392 g/mol. The van der Waals surface area contributed by atoms with Gasteiger partial charge in [0.1, 0.15) is 6.04 Å². The average Bonchev–Trinajstić information content (AvgIpc) is 3.18. The van der Waals surface area contributed by atoms with Crippen molar-refractivity contribution in [1.29, 1.82) is 0 Å². The summed E-state index contributed by atoms with van der Waals surface area (Å²) in [6.07, 6.45) is 1.79. The molecule has 160 valence electrons. The molecule has 1 fully saturated rings. The van der Waals surface area contributed by atoms with Gasteiger partial charge in [0.2, 0.25) is 5.91 Å². The number of carbonyl (C=O) groups is 2. The van der Waals surface area contributed by atoms with Crippen molar-refractivity contribution in [2.45, 2.75) is 58.0 Å². The van der Waals surface area contributed by atoms with Gasteiger partial charge in [0.25, 0.3) is 5.91 Å². The first kappa shape index (κ1) is 22.4. The zero-order valence-corrected chi connectivity index (χ0v) is 19.1. The Hall–Kier alpha value is -2.27. The Morgan fingerprint density at radius 3 is 2.40 bits per heavy atom. The highest BCUT2D eigenvalue weighted by atomic mass is 32.2. The molecule has 3 atom stereocenters. The van der Waals surface area contributed by atoms with Crippen LogP contribution in [0.15, 0.2) is 54.6 Å². The lowest BCUT2D eigenvalue weighted by Crippen LogP contribution is -2.52. The lowest BCUT2D eigenvalue weighted by atomic mass is 10.0. The summed E-state index contributed by atoms with van der Waals surface area (Å²) in [6, 6.07) is 17.5. The van der Waals surface area contributed by atoms with Crippen molar-refractivity contribution < 1.29 is 9.59 Å². The Morgan fingerprint density at radius 2 is 1.73 bits per heavy atom. The van der Waals surface area contributed by atoms with Crippen LogP contribution in [-0.4, -0.2) is 39.9 Å². The summed E-state index contributed by atoms with van der Waals surface area (Å²) in [5.41, 5.74) is 2.89. The summed E-state index contributed by atoms with van der Waals surface area (Å²) in [5, 5.41) is 3.16. The van der Waals surface area contributed by atoms with Crippen LogP contribution in [0.2, 0.25) is 0 Å². The van der Waals surface area contributed by atoms with Crippen LogP contribution in [-0.2, 0) is 11.2 Å². The minimum Gasteiger partial charge on any atom is -0.352 e. The number of hydrogen-bond donors (Lipinski definition) is 1. The van der Waals surface area contributed by atoms with Gasteiger partial charge >= 0.3 is 0 Å². The second-order valence-corrected chi connectivity index (χ2v) is 9.59. The number of aryl methyl sites for hydroxylation is 2. The molecule has 2 amide bonds. The van der Waals surface area contributed by atoms with E-state index >= 15 is 0 Å². The van der Waals surface area contributed by atoms with Gasteiger partial charge in [-0.05, 0) is 49.8 Å². The van der Waals surface area contributed by atoms with E-state index in [0.29, 0.717) is 11.3 Å². The zero-order valence-electron chi connectivity index (χ0n) is 18.3. The Morgan fingerprint density at radius 1 is 1.07 bits per heavy atom. The van der Waals surface area contributed by atoms with E-state index in [-0.39, 0.29) is 29.1 Å². The number of rotatable bonds is 7. The molecule has 0 radical (unpaired) electrons.